The van der Waals surface area contributed by atoms with Crippen molar-refractivity contribution < 1.29 is 0 Å². The summed E-state index contributed by atoms with van der Waals surface area (Å²) in [6.07, 6.45) is 0.829. The number of hydrogen-bond donors (Lipinski definition) is 2. The summed E-state index contributed by atoms with van der Waals surface area (Å²) >= 11 is 0. The minimum Gasteiger partial charge on any atom is -0.328 e. The zero-order valence-electron chi connectivity index (χ0n) is 6.22. The molecule has 0 spiro atoms. The van der Waals surface area contributed by atoms with Crippen LogP contribution in [-0.2, 0) is 0 Å². The van der Waals surface area contributed by atoms with Crippen LogP contribution in [0.1, 0.15) is 20.3 Å². The molecule has 0 aliphatic rings. The smallest absolute Gasteiger partial charge is 0.0262 e. The van der Waals surface area contributed by atoms with Gasteiger partial charge in [0.2, 0.25) is 0 Å². The minimum absolute atomic E-state index is 0.0741. The van der Waals surface area contributed by atoms with E-state index in [0.29, 0.717) is 0 Å². The molecule has 0 aliphatic carbocycles. The Hall–Kier alpha value is -0.340. The van der Waals surface area contributed by atoms with Crippen molar-refractivity contribution in [1.29, 1.82) is 0 Å². The second kappa shape index (κ2) is 3.64. The van der Waals surface area contributed by atoms with E-state index in [1.54, 1.807) is 0 Å². The molecule has 0 aromatic carbocycles. The van der Waals surface area contributed by atoms with Gasteiger partial charge in [-0.05, 0) is 20.3 Å². The Bertz CT molecular complexity index is 97.1. The molecular formula is C7H16N2. The van der Waals surface area contributed by atoms with Gasteiger partial charge < -0.3 is 11.5 Å². The lowest BCUT2D eigenvalue weighted by atomic mass is 10.0. The SMILES string of the molecule is C=C(C)C(N)CC(C)N. The highest BCUT2D eigenvalue weighted by molar-refractivity contribution is 5.00. The molecule has 0 amide bonds. The summed E-state index contributed by atoms with van der Waals surface area (Å²) in [4.78, 5) is 0. The molecule has 0 radical (unpaired) electrons. The molecule has 0 bridgehead atoms. The van der Waals surface area contributed by atoms with Gasteiger partial charge in [-0.15, -0.1) is 0 Å². The predicted octanol–water partition coefficient (Wildman–Crippen LogP) is 0.627. The molecule has 0 aromatic rings. The van der Waals surface area contributed by atoms with Crippen molar-refractivity contribution in [3.05, 3.63) is 12.2 Å². The topological polar surface area (TPSA) is 52.0 Å². The molecule has 0 saturated heterocycles. The van der Waals surface area contributed by atoms with Crippen LogP contribution < -0.4 is 11.5 Å². The second-order valence-electron chi connectivity index (χ2n) is 2.67. The van der Waals surface area contributed by atoms with Crippen molar-refractivity contribution in [3.8, 4) is 0 Å². The van der Waals surface area contributed by atoms with Crippen LogP contribution >= 0.6 is 0 Å². The van der Waals surface area contributed by atoms with E-state index in [-0.39, 0.29) is 12.1 Å². The van der Waals surface area contributed by atoms with E-state index in [0.717, 1.165) is 12.0 Å². The zero-order valence-corrected chi connectivity index (χ0v) is 6.22. The Balaban J connectivity index is 3.50. The molecule has 2 nitrogen and oxygen atoms in total. The van der Waals surface area contributed by atoms with Gasteiger partial charge >= 0.3 is 0 Å². The lowest BCUT2D eigenvalue weighted by molar-refractivity contribution is 0.596. The molecule has 0 fully saturated rings. The normalized spacial score (nSPS) is 16.9. The molecular weight excluding hydrogens is 112 g/mol. The fraction of sp³-hybridized carbons (Fsp3) is 0.714. The van der Waals surface area contributed by atoms with Crippen LogP contribution in [0.3, 0.4) is 0 Å². The van der Waals surface area contributed by atoms with Gasteiger partial charge in [0.1, 0.15) is 0 Å². The second-order valence-corrected chi connectivity index (χ2v) is 2.67. The largest absolute Gasteiger partial charge is 0.328 e. The third kappa shape index (κ3) is 4.18. The van der Waals surface area contributed by atoms with E-state index in [4.69, 9.17) is 11.5 Å². The fourth-order valence-corrected chi connectivity index (χ4v) is 0.602. The predicted molar refractivity (Wildman–Crippen MR) is 41.1 cm³/mol. The van der Waals surface area contributed by atoms with Crippen LogP contribution in [0, 0.1) is 0 Å². The first kappa shape index (κ1) is 8.66. The highest BCUT2D eigenvalue weighted by Crippen LogP contribution is 2.00. The molecule has 2 atom stereocenters. The molecule has 54 valence electrons. The lowest BCUT2D eigenvalue weighted by Crippen LogP contribution is -2.29. The van der Waals surface area contributed by atoms with Crippen LogP contribution in [-0.4, -0.2) is 12.1 Å². The van der Waals surface area contributed by atoms with Gasteiger partial charge in [-0.2, -0.15) is 0 Å². The first-order chi connectivity index (χ1) is 4.04. The van der Waals surface area contributed by atoms with E-state index in [2.05, 4.69) is 6.58 Å². The van der Waals surface area contributed by atoms with Crippen LogP contribution in [0.15, 0.2) is 12.2 Å². The van der Waals surface area contributed by atoms with Gasteiger partial charge in [0.15, 0.2) is 0 Å². The van der Waals surface area contributed by atoms with E-state index < -0.39 is 0 Å². The Morgan fingerprint density at radius 1 is 1.56 bits per heavy atom. The Morgan fingerprint density at radius 3 is 2.11 bits per heavy atom. The molecule has 0 saturated carbocycles. The van der Waals surface area contributed by atoms with Crippen molar-refractivity contribution in [2.45, 2.75) is 32.4 Å². The van der Waals surface area contributed by atoms with E-state index in [1.807, 2.05) is 13.8 Å². The standard InChI is InChI=1S/C7H16N2/c1-5(2)7(9)4-6(3)8/h6-7H,1,4,8-9H2,2-3H3. The van der Waals surface area contributed by atoms with Gasteiger partial charge in [0, 0.05) is 12.1 Å². The highest BCUT2D eigenvalue weighted by atomic mass is 14.7. The Labute approximate surface area is 56.9 Å². The van der Waals surface area contributed by atoms with Gasteiger partial charge in [-0.25, -0.2) is 0 Å². The maximum Gasteiger partial charge on any atom is 0.0262 e. The third-order valence-electron chi connectivity index (χ3n) is 1.26. The molecule has 4 N–H and O–H groups in total. The summed E-state index contributed by atoms with van der Waals surface area (Å²) in [5, 5.41) is 0. The van der Waals surface area contributed by atoms with Crippen molar-refractivity contribution >= 4 is 0 Å². The van der Waals surface area contributed by atoms with Crippen molar-refractivity contribution in [2.75, 3.05) is 0 Å². The maximum absolute atomic E-state index is 5.64. The van der Waals surface area contributed by atoms with Gasteiger partial charge in [-0.3, -0.25) is 0 Å². The zero-order chi connectivity index (χ0) is 7.44. The van der Waals surface area contributed by atoms with Gasteiger partial charge in [-0.1, -0.05) is 12.2 Å². The molecule has 0 aliphatic heterocycles. The van der Waals surface area contributed by atoms with E-state index in [1.165, 1.54) is 0 Å². The van der Waals surface area contributed by atoms with Crippen LogP contribution in [0.2, 0.25) is 0 Å². The minimum atomic E-state index is 0.0741. The van der Waals surface area contributed by atoms with Crippen LogP contribution in [0.25, 0.3) is 0 Å². The van der Waals surface area contributed by atoms with E-state index in [9.17, 15) is 0 Å². The summed E-state index contributed by atoms with van der Waals surface area (Å²) in [6, 6.07) is 0.252. The van der Waals surface area contributed by atoms with Crippen LogP contribution in [0.5, 0.6) is 0 Å². The average Bonchev–Trinajstić information content (AvgIpc) is 1.63. The van der Waals surface area contributed by atoms with E-state index >= 15 is 0 Å². The number of nitrogens with two attached hydrogens (primary N) is 2. The molecule has 9 heavy (non-hydrogen) atoms. The van der Waals surface area contributed by atoms with Crippen molar-refractivity contribution in [1.82, 2.24) is 0 Å². The molecule has 0 aromatic heterocycles. The molecule has 2 heteroatoms. The highest BCUT2D eigenvalue weighted by Gasteiger charge is 2.04. The van der Waals surface area contributed by atoms with Gasteiger partial charge in [0.05, 0.1) is 0 Å². The van der Waals surface area contributed by atoms with Crippen LogP contribution in [0.4, 0.5) is 0 Å². The fourth-order valence-electron chi connectivity index (χ4n) is 0.602. The lowest BCUT2D eigenvalue weighted by Gasteiger charge is -2.12. The summed E-state index contributed by atoms with van der Waals surface area (Å²) in [5.41, 5.74) is 12.2. The maximum atomic E-state index is 5.64. The summed E-state index contributed by atoms with van der Waals surface area (Å²) in [7, 11) is 0. The van der Waals surface area contributed by atoms with Gasteiger partial charge in [0.25, 0.3) is 0 Å². The average molecular weight is 128 g/mol. The molecule has 2 unspecified atom stereocenters. The van der Waals surface area contributed by atoms with Crippen molar-refractivity contribution in [3.63, 3.8) is 0 Å². The number of hydrogen-bond acceptors (Lipinski definition) is 2. The number of rotatable bonds is 3. The monoisotopic (exact) mass is 128 g/mol. The summed E-state index contributed by atoms with van der Waals surface area (Å²) in [6.45, 7) is 7.60. The van der Waals surface area contributed by atoms with Crippen molar-refractivity contribution in [2.24, 2.45) is 11.5 Å². The molecule has 0 heterocycles. The summed E-state index contributed by atoms with van der Waals surface area (Å²) < 4.78 is 0. The summed E-state index contributed by atoms with van der Waals surface area (Å²) in [5.74, 6) is 0. The Kier molecular flexibility index (Phi) is 3.50. The molecule has 0 rings (SSSR count). The third-order valence-corrected chi connectivity index (χ3v) is 1.26. The first-order valence-electron chi connectivity index (χ1n) is 3.20. The first-order valence-corrected chi connectivity index (χ1v) is 3.20. The Morgan fingerprint density at radius 2 is 2.00 bits per heavy atom. The quantitative estimate of drug-likeness (QED) is 0.548.